The van der Waals surface area contributed by atoms with Gasteiger partial charge in [-0.25, -0.2) is 0 Å². The first-order chi connectivity index (χ1) is 7.29. The van der Waals surface area contributed by atoms with Gasteiger partial charge >= 0.3 is 102 Å². The molecular formula is C14H29Ge. The zero-order chi connectivity index (χ0) is 11.5. The SMILES string of the molecule is CC=[C](CCC)[Ge]([CH2]CCC)[CH2]CCC. The van der Waals surface area contributed by atoms with Crippen molar-refractivity contribution in [3.8, 4) is 0 Å². The van der Waals surface area contributed by atoms with Crippen LogP contribution in [-0.2, 0) is 0 Å². The number of rotatable bonds is 9. The van der Waals surface area contributed by atoms with Crippen molar-refractivity contribution in [1.82, 2.24) is 0 Å². The molecule has 0 spiro atoms. The summed E-state index contributed by atoms with van der Waals surface area (Å²) >= 11 is -0.826. The summed E-state index contributed by atoms with van der Waals surface area (Å²) in [5.74, 6) is 0. The molecule has 0 saturated heterocycles. The first kappa shape index (κ1) is 15.3. The maximum absolute atomic E-state index is 2.45. The van der Waals surface area contributed by atoms with Crippen LogP contribution in [0.25, 0.3) is 0 Å². The van der Waals surface area contributed by atoms with Gasteiger partial charge in [-0.05, 0) is 0 Å². The molecule has 0 aliphatic rings. The van der Waals surface area contributed by atoms with Crippen LogP contribution in [0.1, 0.15) is 66.2 Å². The van der Waals surface area contributed by atoms with Crippen LogP contribution in [0.5, 0.6) is 0 Å². The first-order valence-corrected chi connectivity index (χ1v) is 10.8. The molecule has 0 heterocycles. The maximum atomic E-state index is 2.45. The average Bonchev–Trinajstić information content (AvgIpc) is 2.27. The second-order valence-electron chi connectivity index (χ2n) is 4.37. The summed E-state index contributed by atoms with van der Waals surface area (Å²) in [6, 6.07) is 0. The molecule has 1 radical (unpaired) electrons. The predicted molar refractivity (Wildman–Crippen MR) is 73.8 cm³/mol. The molecule has 0 aliphatic carbocycles. The molecule has 1 heteroatoms. The Labute approximate surface area is 102 Å². The average molecular weight is 270 g/mol. The van der Waals surface area contributed by atoms with E-state index in [0.29, 0.717) is 0 Å². The van der Waals surface area contributed by atoms with Crippen molar-refractivity contribution in [3.05, 3.63) is 10.5 Å². The zero-order valence-electron chi connectivity index (χ0n) is 11.2. The van der Waals surface area contributed by atoms with Gasteiger partial charge in [-0.3, -0.25) is 0 Å². The molecule has 0 N–H and O–H groups in total. The Morgan fingerprint density at radius 2 is 1.47 bits per heavy atom. The Morgan fingerprint density at radius 1 is 0.933 bits per heavy atom. The second kappa shape index (κ2) is 10.8. The van der Waals surface area contributed by atoms with E-state index in [9.17, 15) is 0 Å². The molecule has 0 aromatic carbocycles. The summed E-state index contributed by atoms with van der Waals surface area (Å²) in [6.45, 7) is 9.23. The van der Waals surface area contributed by atoms with Gasteiger partial charge in [0, 0.05) is 0 Å². The molecule has 0 bridgehead atoms. The van der Waals surface area contributed by atoms with Crippen LogP contribution in [0.3, 0.4) is 0 Å². The normalized spacial score (nSPS) is 12.5. The quantitative estimate of drug-likeness (QED) is 0.494. The fourth-order valence-corrected chi connectivity index (χ4v) is 9.29. The van der Waals surface area contributed by atoms with Gasteiger partial charge in [-0.15, -0.1) is 0 Å². The first-order valence-electron chi connectivity index (χ1n) is 6.80. The van der Waals surface area contributed by atoms with Gasteiger partial charge in [0.15, 0.2) is 0 Å². The van der Waals surface area contributed by atoms with Gasteiger partial charge in [0.2, 0.25) is 0 Å². The second-order valence-corrected chi connectivity index (χ2v) is 10.4. The molecule has 15 heavy (non-hydrogen) atoms. The van der Waals surface area contributed by atoms with Gasteiger partial charge in [0.1, 0.15) is 0 Å². The molecule has 0 atom stereocenters. The summed E-state index contributed by atoms with van der Waals surface area (Å²) in [5.41, 5.74) is 0. The third-order valence-electron chi connectivity index (χ3n) is 2.99. The van der Waals surface area contributed by atoms with Crippen molar-refractivity contribution in [2.75, 3.05) is 0 Å². The summed E-state index contributed by atoms with van der Waals surface area (Å²) in [4.78, 5) is 0. The van der Waals surface area contributed by atoms with E-state index >= 15 is 0 Å². The molecule has 0 aromatic heterocycles. The van der Waals surface area contributed by atoms with Crippen LogP contribution in [-0.4, -0.2) is 14.3 Å². The van der Waals surface area contributed by atoms with E-state index in [2.05, 4.69) is 33.8 Å². The fourth-order valence-electron chi connectivity index (χ4n) is 2.02. The Bertz CT molecular complexity index is 153. The summed E-state index contributed by atoms with van der Waals surface area (Å²) in [6.07, 6.45) is 10.9. The van der Waals surface area contributed by atoms with Gasteiger partial charge < -0.3 is 0 Å². The number of hydrogen-bond acceptors (Lipinski definition) is 0. The van der Waals surface area contributed by atoms with Crippen molar-refractivity contribution in [2.45, 2.75) is 76.7 Å². The minimum atomic E-state index is -0.826. The molecule has 0 aliphatic heterocycles. The monoisotopic (exact) mass is 271 g/mol. The number of allylic oxidation sites excluding steroid dienone is 2. The Hall–Kier alpha value is 0.283. The van der Waals surface area contributed by atoms with Crippen molar-refractivity contribution in [2.24, 2.45) is 0 Å². The van der Waals surface area contributed by atoms with E-state index < -0.39 is 14.3 Å². The molecule has 0 fully saturated rings. The predicted octanol–water partition coefficient (Wildman–Crippen LogP) is 5.37. The van der Waals surface area contributed by atoms with Crippen LogP contribution in [0.4, 0.5) is 0 Å². The van der Waals surface area contributed by atoms with Crippen molar-refractivity contribution in [1.29, 1.82) is 0 Å². The van der Waals surface area contributed by atoms with E-state index in [1.54, 1.807) is 10.5 Å². The van der Waals surface area contributed by atoms with Gasteiger partial charge in [0.05, 0.1) is 0 Å². The Morgan fingerprint density at radius 3 is 1.80 bits per heavy atom. The molecule has 0 unspecified atom stereocenters. The Kier molecular flexibility index (Phi) is 11.0. The topological polar surface area (TPSA) is 0 Å². The van der Waals surface area contributed by atoms with Gasteiger partial charge in [-0.1, -0.05) is 0 Å². The number of unbranched alkanes of at least 4 members (excludes halogenated alkanes) is 2. The van der Waals surface area contributed by atoms with E-state index in [-0.39, 0.29) is 0 Å². The molecule has 0 aromatic rings. The summed E-state index contributed by atoms with van der Waals surface area (Å²) < 4.78 is 1.89. The van der Waals surface area contributed by atoms with E-state index in [0.717, 1.165) is 0 Å². The van der Waals surface area contributed by atoms with Crippen molar-refractivity contribution in [3.63, 3.8) is 0 Å². The standard InChI is InChI=1S/C14H29Ge/c1-5-9-12-15(13-10-6-2)14(8-4)11-7-3/h8H,5-7,9-13H2,1-4H3. The number of hydrogen-bond donors (Lipinski definition) is 0. The van der Waals surface area contributed by atoms with Crippen molar-refractivity contribution < 1.29 is 0 Å². The fraction of sp³-hybridized carbons (Fsp3) is 0.857. The third kappa shape index (κ3) is 7.21. The molecule has 0 rings (SSSR count). The van der Waals surface area contributed by atoms with Gasteiger partial charge in [0.25, 0.3) is 0 Å². The molecule has 0 amide bonds. The minimum absolute atomic E-state index is 0.826. The van der Waals surface area contributed by atoms with E-state index in [1.165, 1.54) is 38.5 Å². The molecule has 0 nitrogen and oxygen atoms in total. The Balaban J connectivity index is 4.16. The summed E-state index contributed by atoms with van der Waals surface area (Å²) in [5, 5.41) is 3.16. The van der Waals surface area contributed by atoms with Crippen LogP contribution >= 0.6 is 0 Å². The molecular weight excluding hydrogens is 241 g/mol. The van der Waals surface area contributed by atoms with E-state index in [1.807, 2.05) is 4.41 Å². The van der Waals surface area contributed by atoms with Gasteiger partial charge in [-0.2, -0.15) is 0 Å². The van der Waals surface area contributed by atoms with Crippen LogP contribution in [0.2, 0.25) is 10.5 Å². The zero-order valence-corrected chi connectivity index (χ0v) is 13.3. The van der Waals surface area contributed by atoms with Crippen LogP contribution in [0, 0.1) is 0 Å². The van der Waals surface area contributed by atoms with Crippen LogP contribution in [0.15, 0.2) is 10.5 Å². The third-order valence-corrected chi connectivity index (χ3v) is 10.0. The van der Waals surface area contributed by atoms with E-state index in [4.69, 9.17) is 0 Å². The summed E-state index contributed by atoms with van der Waals surface area (Å²) in [7, 11) is 0. The molecule has 0 saturated carbocycles. The molecule has 89 valence electrons. The van der Waals surface area contributed by atoms with Crippen molar-refractivity contribution >= 4 is 14.3 Å². The van der Waals surface area contributed by atoms with Crippen LogP contribution < -0.4 is 0 Å².